The van der Waals surface area contributed by atoms with Gasteiger partial charge in [0.2, 0.25) is 0 Å². The Morgan fingerprint density at radius 3 is 2.59 bits per heavy atom. The number of hydrogen-bond acceptors (Lipinski definition) is 4. The first kappa shape index (κ1) is 20.0. The second-order valence-corrected chi connectivity index (χ2v) is 7.30. The van der Waals surface area contributed by atoms with E-state index in [1.54, 1.807) is 7.11 Å². The smallest absolute Gasteiger partial charge is 0.161 e. The molecule has 1 fully saturated rings. The van der Waals surface area contributed by atoms with Gasteiger partial charge in [0.25, 0.3) is 0 Å². The van der Waals surface area contributed by atoms with Crippen molar-refractivity contribution in [3.8, 4) is 11.5 Å². The SMILES string of the molecule is CCOc1ccc(CNCC2(c3ccccc3Cl)CCOCC2)cc1OC. The molecule has 0 radical (unpaired) electrons. The van der Waals surface area contributed by atoms with Crippen molar-refractivity contribution in [2.75, 3.05) is 33.5 Å². The summed E-state index contributed by atoms with van der Waals surface area (Å²) in [6, 6.07) is 14.3. The number of hydrogen-bond donors (Lipinski definition) is 1. The zero-order valence-corrected chi connectivity index (χ0v) is 16.8. The summed E-state index contributed by atoms with van der Waals surface area (Å²) in [5, 5.41) is 4.47. The van der Waals surface area contributed by atoms with Gasteiger partial charge in [-0.3, -0.25) is 0 Å². The second kappa shape index (κ2) is 9.45. The van der Waals surface area contributed by atoms with Gasteiger partial charge < -0.3 is 19.5 Å². The fraction of sp³-hybridized carbons (Fsp3) is 0.455. The van der Waals surface area contributed by atoms with Crippen LogP contribution in [0.15, 0.2) is 42.5 Å². The van der Waals surface area contributed by atoms with E-state index in [2.05, 4.69) is 23.5 Å². The molecule has 1 heterocycles. The van der Waals surface area contributed by atoms with Crippen molar-refractivity contribution in [1.82, 2.24) is 5.32 Å². The van der Waals surface area contributed by atoms with Crippen molar-refractivity contribution in [3.63, 3.8) is 0 Å². The maximum Gasteiger partial charge on any atom is 0.161 e. The van der Waals surface area contributed by atoms with Crippen LogP contribution < -0.4 is 14.8 Å². The summed E-state index contributed by atoms with van der Waals surface area (Å²) < 4.78 is 16.7. The van der Waals surface area contributed by atoms with Crippen molar-refractivity contribution >= 4 is 11.6 Å². The van der Waals surface area contributed by atoms with Gasteiger partial charge in [-0.1, -0.05) is 35.9 Å². The molecule has 0 amide bonds. The zero-order valence-electron chi connectivity index (χ0n) is 16.1. The van der Waals surface area contributed by atoms with Crippen molar-refractivity contribution < 1.29 is 14.2 Å². The van der Waals surface area contributed by atoms with Crippen molar-refractivity contribution in [1.29, 1.82) is 0 Å². The third kappa shape index (κ3) is 4.75. The van der Waals surface area contributed by atoms with Crippen LogP contribution in [0.25, 0.3) is 0 Å². The van der Waals surface area contributed by atoms with Crippen LogP contribution in [0.5, 0.6) is 11.5 Å². The monoisotopic (exact) mass is 389 g/mol. The number of halogens is 1. The molecular weight excluding hydrogens is 362 g/mol. The Bertz CT molecular complexity index is 744. The Balaban J connectivity index is 1.71. The Morgan fingerprint density at radius 1 is 1.11 bits per heavy atom. The molecule has 0 saturated carbocycles. The average Bonchev–Trinajstić information content (AvgIpc) is 2.70. The van der Waals surface area contributed by atoms with Gasteiger partial charge in [-0.05, 0) is 49.1 Å². The third-order valence-electron chi connectivity index (χ3n) is 5.22. The Kier molecular flexibility index (Phi) is 7.00. The summed E-state index contributed by atoms with van der Waals surface area (Å²) in [5.41, 5.74) is 2.38. The molecular formula is C22H28ClNO3. The molecule has 0 aromatic heterocycles. The highest BCUT2D eigenvalue weighted by molar-refractivity contribution is 6.31. The Morgan fingerprint density at radius 2 is 1.89 bits per heavy atom. The standard InChI is InChI=1S/C22H28ClNO3/c1-3-27-20-9-8-17(14-21(20)25-2)15-24-16-22(10-12-26-13-11-22)18-6-4-5-7-19(18)23/h4-9,14,24H,3,10-13,15-16H2,1-2H3. The highest BCUT2D eigenvalue weighted by Gasteiger charge is 2.35. The summed E-state index contributed by atoms with van der Waals surface area (Å²) >= 11 is 6.53. The molecule has 5 heteroatoms. The largest absolute Gasteiger partial charge is 0.493 e. The number of benzene rings is 2. The minimum Gasteiger partial charge on any atom is -0.493 e. The van der Waals surface area contributed by atoms with Gasteiger partial charge in [0.15, 0.2) is 11.5 Å². The van der Waals surface area contributed by atoms with E-state index < -0.39 is 0 Å². The summed E-state index contributed by atoms with van der Waals surface area (Å²) in [5.74, 6) is 1.55. The van der Waals surface area contributed by atoms with Crippen LogP contribution in [0.4, 0.5) is 0 Å². The lowest BCUT2D eigenvalue weighted by Crippen LogP contribution is -2.42. The lowest BCUT2D eigenvalue weighted by atomic mass is 9.74. The molecule has 146 valence electrons. The predicted molar refractivity (Wildman–Crippen MR) is 109 cm³/mol. The minimum atomic E-state index is 0.00589. The quantitative estimate of drug-likeness (QED) is 0.717. The highest BCUT2D eigenvalue weighted by Crippen LogP contribution is 2.38. The molecule has 4 nitrogen and oxygen atoms in total. The van der Waals surface area contributed by atoms with Gasteiger partial charge in [-0.15, -0.1) is 0 Å². The first-order valence-electron chi connectivity index (χ1n) is 9.52. The molecule has 0 atom stereocenters. The second-order valence-electron chi connectivity index (χ2n) is 6.89. The lowest BCUT2D eigenvalue weighted by Gasteiger charge is -2.38. The molecule has 0 spiro atoms. The van der Waals surface area contributed by atoms with Gasteiger partial charge >= 0.3 is 0 Å². The maximum atomic E-state index is 6.53. The van der Waals surface area contributed by atoms with Crippen LogP contribution in [0.1, 0.15) is 30.9 Å². The van der Waals surface area contributed by atoms with E-state index in [0.717, 1.165) is 61.2 Å². The molecule has 27 heavy (non-hydrogen) atoms. The van der Waals surface area contributed by atoms with E-state index >= 15 is 0 Å². The molecule has 0 bridgehead atoms. The molecule has 1 aliphatic heterocycles. The molecule has 1 saturated heterocycles. The molecule has 2 aromatic rings. The highest BCUT2D eigenvalue weighted by atomic mass is 35.5. The number of nitrogens with one attached hydrogen (secondary N) is 1. The van der Waals surface area contributed by atoms with Crippen LogP contribution in [0.2, 0.25) is 5.02 Å². The summed E-state index contributed by atoms with van der Waals surface area (Å²) in [6.45, 7) is 5.74. The van der Waals surface area contributed by atoms with Crippen molar-refractivity contribution in [3.05, 3.63) is 58.6 Å². The van der Waals surface area contributed by atoms with Crippen molar-refractivity contribution in [2.24, 2.45) is 0 Å². The molecule has 2 aromatic carbocycles. The zero-order chi connectivity index (χ0) is 19.1. The minimum absolute atomic E-state index is 0.00589. The molecule has 0 aliphatic carbocycles. The number of rotatable bonds is 8. The molecule has 1 N–H and O–H groups in total. The normalized spacial score (nSPS) is 16.1. The van der Waals surface area contributed by atoms with Crippen LogP contribution in [-0.2, 0) is 16.7 Å². The van der Waals surface area contributed by atoms with Crippen LogP contribution >= 0.6 is 11.6 Å². The third-order valence-corrected chi connectivity index (χ3v) is 5.55. The van der Waals surface area contributed by atoms with E-state index in [0.29, 0.717) is 6.61 Å². The summed E-state index contributed by atoms with van der Waals surface area (Å²) in [6.07, 6.45) is 1.94. The van der Waals surface area contributed by atoms with Gasteiger partial charge in [-0.25, -0.2) is 0 Å². The Hall–Kier alpha value is -1.75. The number of ether oxygens (including phenoxy) is 3. The van der Waals surface area contributed by atoms with E-state index in [4.69, 9.17) is 25.8 Å². The predicted octanol–water partition coefficient (Wildman–Crippen LogP) is 4.59. The number of methoxy groups -OCH3 is 1. The van der Waals surface area contributed by atoms with Gasteiger partial charge in [0.1, 0.15) is 0 Å². The molecule has 3 rings (SSSR count). The van der Waals surface area contributed by atoms with Gasteiger partial charge in [0.05, 0.1) is 13.7 Å². The first-order valence-corrected chi connectivity index (χ1v) is 9.89. The van der Waals surface area contributed by atoms with E-state index in [9.17, 15) is 0 Å². The van der Waals surface area contributed by atoms with Crippen LogP contribution in [-0.4, -0.2) is 33.5 Å². The van der Waals surface area contributed by atoms with Gasteiger partial charge in [0, 0.05) is 36.7 Å². The van der Waals surface area contributed by atoms with Gasteiger partial charge in [-0.2, -0.15) is 0 Å². The maximum absolute atomic E-state index is 6.53. The van der Waals surface area contributed by atoms with E-state index in [-0.39, 0.29) is 5.41 Å². The summed E-state index contributed by atoms with van der Waals surface area (Å²) in [7, 11) is 1.67. The van der Waals surface area contributed by atoms with Crippen molar-refractivity contribution in [2.45, 2.75) is 31.7 Å². The topological polar surface area (TPSA) is 39.7 Å². The Labute approximate surface area is 166 Å². The average molecular weight is 390 g/mol. The molecule has 1 aliphatic rings. The van der Waals surface area contributed by atoms with E-state index in [1.807, 2.05) is 31.2 Å². The summed E-state index contributed by atoms with van der Waals surface area (Å²) in [4.78, 5) is 0. The molecule has 0 unspecified atom stereocenters. The van der Waals surface area contributed by atoms with E-state index in [1.165, 1.54) is 5.56 Å². The van der Waals surface area contributed by atoms with Crippen LogP contribution in [0.3, 0.4) is 0 Å². The lowest BCUT2D eigenvalue weighted by molar-refractivity contribution is 0.0498. The van der Waals surface area contributed by atoms with Crippen LogP contribution in [0, 0.1) is 0 Å². The fourth-order valence-corrected chi connectivity index (χ4v) is 4.07. The fourth-order valence-electron chi connectivity index (χ4n) is 3.74. The first-order chi connectivity index (χ1) is 13.2.